The van der Waals surface area contributed by atoms with E-state index in [1.807, 2.05) is 30.9 Å². The van der Waals surface area contributed by atoms with Crippen molar-refractivity contribution in [2.45, 2.75) is 26.9 Å². The van der Waals surface area contributed by atoms with Gasteiger partial charge in [0, 0.05) is 31.2 Å². The van der Waals surface area contributed by atoms with Crippen LogP contribution in [0.5, 0.6) is 0 Å². The summed E-state index contributed by atoms with van der Waals surface area (Å²) in [6.45, 7) is 5.76. The first-order chi connectivity index (χ1) is 7.65. The van der Waals surface area contributed by atoms with Gasteiger partial charge < -0.3 is 5.32 Å². The summed E-state index contributed by atoms with van der Waals surface area (Å²) in [6, 6.07) is 2.02. The van der Waals surface area contributed by atoms with Crippen LogP contribution in [0.4, 0.5) is 0 Å². The van der Waals surface area contributed by atoms with Crippen LogP contribution in [-0.2, 0) is 20.1 Å². The van der Waals surface area contributed by atoms with Crippen molar-refractivity contribution in [2.75, 3.05) is 0 Å². The van der Waals surface area contributed by atoms with Gasteiger partial charge in [0.15, 0.2) is 0 Å². The maximum absolute atomic E-state index is 4.48. The van der Waals surface area contributed by atoms with E-state index in [1.54, 1.807) is 11.3 Å². The van der Waals surface area contributed by atoms with Gasteiger partial charge in [-0.3, -0.25) is 4.68 Å². The van der Waals surface area contributed by atoms with Crippen LogP contribution in [0.3, 0.4) is 0 Å². The number of rotatable bonds is 4. The molecule has 0 aliphatic rings. The van der Waals surface area contributed by atoms with Crippen LogP contribution in [0.15, 0.2) is 12.3 Å². The second-order valence-corrected chi connectivity index (χ2v) is 5.23. The molecular weight excluding hydrogens is 220 g/mol. The second kappa shape index (κ2) is 4.76. The third kappa shape index (κ3) is 2.68. The smallest absolute Gasteiger partial charge is 0.0900 e. The largest absolute Gasteiger partial charge is 0.305 e. The summed E-state index contributed by atoms with van der Waals surface area (Å²) in [7, 11) is 1.93. The predicted octanol–water partition coefficient (Wildman–Crippen LogP) is 1.78. The Hall–Kier alpha value is -1.20. The first-order valence-corrected chi connectivity index (χ1v) is 6.09. The number of aryl methyl sites for hydroxylation is 3. The molecule has 0 saturated heterocycles. The molecule has 0 bridgehead atoms. The van der Waals surface area contributed by atoms with Gasteiger partial charge >= 0.3 is 0 Å². The normalized spacial score (nSPS) is 10.9. The Kier molecular flexibility index (Phi) is 3.36. The summed E-state index contributed by atoms with van der Waals surface area (Å²) >= 11 is 1.75. The lowest BCUT2D eigenvalue weighted by Crippen LogP contribution is -2.14. The van der Waals surface area contributed by atoms with Gasteiger partial charge in [0.25, 0.3) is 0 Å². The van der Waals surface area contributed by atoms with Gasteiger partial charge in [-0.15, -0.1) is 11.3 Å². The van der Waals surface area contributed by atoms with Gasteiger partial charge in [-0.2, -0.15) is 5.10 Å². The average Bonchev–Trinajstić information content (AvgIpc) is 2.74. The second-order valence-electron chi connectivity index (χ2n) is 3.82. The molecule has 0 saturated carbocycles. The van der Waals surface area contributed by atoms with Crippen molar-refractivity contribution in [3.05, 3.63) is 33.5 Å². The summed E-state index contributed by atoms with van der Waals surface area (Å²) in [6.07, 6.45) is 1.95. The number of thiazole rings is 1. The Morgan fingerprint density at radius 2 is 2.19 bits per heavy atom. The molecular formula is C11H16N4S. The molecule has 0 amide bonds. The number of nitrogens with one attached hydrogen (secondary N) is 1. The zero-order chi connectivity index (χ0) is 11.5. The molecule has 86 valence electrons. The fraction of sp³-hybridized carbons (Fsp3) is 0.455. The molecule has 0 atom stereocenters. The zero-order valence-electron chi connectivity index (χ0n) is 9.82. The predicted molar refractivity (Wildman–Crippen MR) is 65.3 cm³/mol. The van der Waals surface area contributed by atoms with Crippen molar-refractivity contribution in [2.24, 2.45) is 7.05 Å². The number of hydrogen-bond acceptors (Lipinski definition) is 4. The number of hydrogen-bond donors (Lipinski definition) is 1. The lowest BCUT2D eigenvalue weighted by molar-refractivity contribution is 0.647. The van der Waals surface area contributed by atoms with E-state index in [9.17, 15) is 0 Å². The molecule has 16 heavy (non-hydrogen) atoms. The highest BCUT2D eigenvalue weighted by atomic mass is 32.1. The van der Waals surface area contributed by atoms with E-state index >= 15 is 0 Å². The number of nitrogens with zero attached hydrogens (tertiary/aromatic N) is 3. The average molecular weight is 236 g/mol. The first-order valence-electron chi connectivity index (χ1n) is 5.27. The van der Waals surface area contributed by atoms with Crippen LogP contribution >= 0.6 is 11.3 Å². The SMILES string of the molecule is Cc1nc(CNCc2ccn(C)n2)c(C)s1. The van der Waals surface area contributed by atoms with Crippen molar-refractivity contribution in [3.63, 3.8) is 0 Å². The minimum Gasteiger partial charge on any atom is -0.305 e. The molecule has 0 aromatic carbocycles. The fourth-order valence-corrected chi connectivity index (χ4v) is 2.44. The fourth-order valence-electron chi connectivity index (χ4n) is 1.60. The van der Waals surface area contributed by atoms with Crippen LogP contribution in [0.1, 0.15) is 21.3 Å². The van der Waals surface area contributed by atoms with Crippen LogP contribution in [0.2, 0.25) is 0 Å². The molecule has 2 aromatic rings. The van der Waals surface area contributed by atoms with Gasteiger partial charge in [-0.25, -0.2) is 4.98 Å². The summed E-state index contributed by atoms with van der Waals surface area (Å²) in [4.78, 5) is 5.77. The Bertz CT molecular complexity index is 472. The molecule has 0 spiro atoms. The lowest BCUT2D eigenvalue weighted by Gasteiger charge is -2.00. The Morgan fingerprint density at radius 3 is 2.75 bits per heavy atom. The molecule has 4 nitrogen and oxygen atoms in total. The summed E-state index contributed by atoms with van der Waals surface area (Å²) in [5.74, 6) is 0. The molecule has 1 N–H and O–H groups in total. The maximum Gasteiger partial charge on any atom is 0.0900 e. The van der Waals surface area contributed by atoms with E-state index < -0.39 is 0 Å². The van der Waals surface area contributed by atoms with E-state index in [4.69, 9.17) is 0 Å². The Labute approximate surface area is 99.3 Å². The van der Waals surface area contributed by atoms with E-state index in [0.717, 1.165) is 29.5 Å². The summed E-state index contributed by atoms with van der Waals surface area (Å²) < 4.78 is 1.81. The van der Waals surface area contributed by atoms with Gasteiger partial charge in [-0.1, -0.05) is 0 Å². The van der Waals surface area contributed by atoms with Crippen LogP contribution < -0.4 is 5.32 Å². The summed E-state index contributed by atoms with van der Waals surface area (Å²) in [5, 5.41) is 8.79. The van der Waals surface area contributed by atoms with Crippen molar-refractivity contribution >= 4 is 11.3 Å². The van der Waals surface area contributed by atoms with E-state index in [1.165, 1.54) is 4.88 Å². The van der Waals surface area contributed by atoms with Crippen LogP contribution in [0.25, 0.3) is 0 Å². The van der Waals surface area contributed by atoms with Gasteiger partial charge in [0.2, 0.25) is 0 Å². The van der Waals surface area contributed by atoms with Crippen molar-refractivity contribution < 1.29 is 0 Å². The molecule has 0 radical (unpaired) electrons. The van der Waals surface area contributed by atoms with Crippen molar-refractivity contribution in [3.8, 4) is 0 Å². The molecule has 0 aliphatic heterocycles. The monoisotopic (exact) mass is 236 g/mol. The number of aromatic nitrogens is 3. The molecule has 5 heteroatoms. The standard InChI is InChI=1S/C11H16N4S/c1-8-11(13-9(2)16-8)7-12-6-10-4-5-15(3)14-10/h4-5,12H,6-7H2,1-3H3. The maximum atomic E-state index is 4.48. The van der Waals surface area contributed by atoms with Crippen molar-refractivity contribution in [1.82, 2.24) is 20.1 Å². The highest BCUT2D eigenvalue weighted by Crippen LogP contribution is 2.15. The summed E-state index contributed by atoms with van der Waals surface area (Å²) in [5.41, 5.74) is 2.21. The van der Waals surface area contributed by atoms with Crippen LogP contribution in [0, 0.1) is 13.8 Å². The molecule has 2 heterocycles. The third-order valence-corrected chi connectivity index (χ3v) is 3.30. The first kappa shape index (κ1) is 11.3. The van der Waals surface area contributed by atoms with Crippen molar-refractivity contribution in [1.29, 1.82) is 0 Å². The Balaban J connectivity index is 1.86. The Morgan fingerprint density at radius 1 is 1.38 bits per heavy atom. The van der Waals surface area contributed by atoms with Crippen LogP contribution in [-0.4, -0.2) is 14.8 Å². The topological polar surface area (TPSA) is 42.7 Å². The lowest BCUT2D eigenvalue weighted by atomic mass is 10.3. The minimum absolute atomic E-state index is 0.789. The quantitative estimate of drug-likeness (QED) is 0.880. The van der Waals surface area contributed by atoms with Gasteiger partial charge in [0.05, 0.1) is 16.4 Å². The van der Waals surface area contributed by atoms with E-state index in [0.29, 0.717) is 0 Å². The molecule has 2 rings (SSSR count). The van der Waals surface area contributed by atoms with E-state index in [2.05, 4.69) is 22.3 Å². The molecule has 2 aromatic heterocycles. The zero-order valence-corrected chi connectivity index (χ0v) is 10.6. The third-order valence-electron chi connectivity index (χ3n) is 2.37. The molecule has 0 aliphatic carbocycles. The van der Waals surface area contributed by atoms with E-state index in [-0.39, 0.29) is 0 Å². The highest BCUT2D eigenvalue weighted by molar-refractivity contribution is 7.11. The van der Waals surface area contributed by atoms with Gasteiger partial charge in [0.1, 0.15) is 0 Å². The molecule has 0 fully saturated rings. The highest BCUT2D eigenvalue weighted by Gasteiger charge is 2.04. The molecule has 0 unspecified atom stereocenters. The minimum atomic E-state index is 0.789. The van der Waals surface area contributed by atoms with Gasteiger partial charge in [-0.05, 0) is 19.9 Å².